The van der Waals surface area contributed by atoms with Gasteiger partial charge in [0, 0.05) is 5.92 Å². The van der Waals surface area contributed by atoms with Crippen molar-refractivity contribution in [1.82, 2.24) is 0 Å². The first kappa shape index (κ1) is 23.8. The molecule has 0 saturated heterocycles. The molecule has 0 amide bonds. The van der Waals surface area contributed by atoms with Gasteiger partial charge in [0.2, 0.25) is 0 Å². The van der Waals surface area contributed by atoms with Crippen molar-refractivity contribution >= 4 is 0 Å². The Balaban J connectivity index is 1.73. The number of rotatable bonds is 5. The fourth-order valence-corrected chi connectivity index (χ4v) is 6.39. The molecule has 0 bridgehead atoms. The van der Waals surface area contributed by atoms with Gasteiger partial charge in [0.15, 0.2) is 0 Å². The van der Waals surface area contributed by atoms with Crippen molar-refractivity contribution < 1.29 is 15.3 Å². The van der Waals surface area contributed by atoms with E-state index >= 15 is 0 Å². The minimum atomic E-state index is -0.674. The Labute approximate surface area is 184 Å². The van der Waals surface area contributed by atoms with Gasteiger partial charge in [0.1, 0.15) is 0 Å². The van der Waals surface area contributed by atoms with Gasteiger partial charge in [-0.25, -0.2) is 0 Å². The van der Waals surface area contributed by atoms with E-state index in [9.17, 15) is 15.3 Å². The zero-order valence-electron chi connectivity index (χ0n) is 19.8. The zero-order valence-corrected chi connectivity index (χ0v) is 19.8. The quantitative estimate of drug-likeness (QED) is 0.514. The highest BCUT2D eigenvalue weighted by atomic mass is 16.3. The Morgan fingerprint density at radius 2 is 1.70 bits per heavy atom. The summed E-state index contributed by atoms with van der Waals surface area (Å²) in [5.41, 5.74) is 2.43. The van der Waals surface area contributed by atoms with Crippen LogP contribution in [-0.4, -0.2) is 33.1 Å². The molecule has 3 heteroatoms. The number of aliphatic hydroxyl groups is 3. The predicted octanol–water partition coefficient (Wildman–Crippen LogP) is 5.56. The van der Waals surface area contributed by atoms with Gasteiger partial charge in [-0.2, -0.15) is 0 Å². The van der Waals surface area contributed by atoms with E-state index < -0.39 is 17.8 Å². The maximum absolute atomic E-state index is 10.2. The fourth-order valence-electron chi connectivity index (χ4n) is 6.39. The smallest absolute Gasteiger partial charge is 0.0651 e. The molecule has 7 atom stereocenters. The normalized spacial score (nSPS) is 38.7. The maximum Gasteiger partial charge on any atom is 0.0651 e. The predicted molar refractivity (Wildman–Crippen MR) is 124 cm³/mol. The summed E-state index contributed by atoms with van der Waals surface area (Å²) in [4.78, 5) is 0. The molecule has 30 heavy (non-hydrogen) atoms. The lowest BCUT2D eigenvalue weighted by Crippen LogP contribution is -2.35. The zero-order chi connectivity index (χ0) is 22.1. The fraction of sp³-hybridized carbons (Fsp3) is 0.778. The number of aliphatic hydroxyl groups excluding tert-OH is 2. The lowest BCUT2D eigenvalue weighted by atomic mass is 9.61. The summed E-state index contributed by atoms with van der Waals surface area (Å²) in [7, 11) is 0. The first-order valence-corrected chi connectivity index (χ1v) is 12.2. The van der Waals surface area contributed by atoms with Crippen LogP contribution in [0.4, 0.5) is 0 Å². The van der Waals surface area contributed by atoms with Gasteiger partial charge in [-0.3, -0.25) is 0 Å². The number of hydrogen-bond donors (Lipinski definition) is 3. The molecular formula is C27H44O3. The molecular weight excluding hydrogens is 372 g/mol. The van der Waals surface area contributed by atoms with Crippen molar-refractivity contribution in [3.8, 4) is 0 Å². The first-order chi connectivity index (χ1) is 14.0. The van der Waals surface area contributed by atoms with Crippen LogP contribution >= 0.6 is 0 Å². The molecule has 0 aromatic rings. The average molecular weight is 417 g/mol. The third-order valence-corrected chi connectivity index (χ3v) is 8.56. The Kier molecular flexibility index (Phi) is 7.37. The molecule has 3 aliphatic rings. The van der Waals surface area contributed by atoms with E-state index in [0.717, 1.165) is 0 Å². The molecule has 3 aliphatic carbocycles. The molecule has 3 saturated carbocycles. The van der Waals surface area contributed by atoms with Crippen LogP contribution in [0.15, 0.2) is 35.5 Å². The van der Waals surface area contributed by atoms with Crippen molar-refractivity contribution in [3.63, 3.8) is 0 Å². The molecule has 170 valence electrons. The minimum absolute atomic E-state index is 0.152. The van der Waals surface area contributed by atoms with Crippen molar-refractivity contribution in [1.29, 1.82) is 0 Å². The Morgan fingerprint density at radius 1 is 1.03 bits per heavy atom. The van der Waals surface area contributed by atoms with Crippen LogP contribution < -0.4 is 0 Å². The van der Waals surface area contributed by atoms with Crippen LogP contribution in [0.3, 0.4) is 0 Å². The molecule has 0 aromatic carbocycles. The second-order valence-electron chi connectivity index (χ2n) is 11.3. The van der Waals surface area contributed by atoms with E-state index in [1.54, 1.807) is 5.57 Å². The van der Waals surface area contributed by atoms with Crippen LogP contribution in [-0.2, 0) is 0 Å². The van der Waals surface area contributed by atoms with E-state index in [-0.39, 0.29) is 5.92 Å². The lowest BCUT2D eigenvalue weighted by molar-refractivity contribution is 0.0436. The molecule has 3 fully saturated rings. The SMILES string of the molecule is C[C@H](/C=C/[C@H](C)C(C)(C)O)[C@@H]1CC[C@@H]2/C(=C/C=C3C[C@H](O)C[C@@H](O)C3)CCC[C@]21C. The summed E-state index contributed by atoms with van der Waals surface area (Å²) >= 11 is 0. The summed E-state index contributed by atoms with van der Waals surface area (Å²) < 4.78 is 0. The van der Waals surface area contributed by atoms with E-state index in [0.29, 0.717) is 42.4 Å². The standard InChI is InChI=1S/C27H44O3/c1-18(8-9-19(2)26(3,4)30)24-12-13-25-21(7-6-14-27(24,25)5)11-10-20-15-22(28)17-23(29)16-20/h8-11,18-19,22-25,28-30H,6-7,12-17H2,1-5H3/b9-8+,21-11+/t18-,19+,22+,23+,24+,25-,27+/m1/s1. The van der Waals surface area contributed by atoms with Gasteiger partial charge in [-0.05, 0) is 88.4 Å². The summed E-state index contributed by atoms with van der Waals surface area (Å²) in [5, 5.41) is 30.2. The Hall–Kier alpha value is -0.900. The third-order valence-electron chi connectivity index (χ3n) is 8.56. The first-order valence-electron chi connectivity index (χ1n) is 12.2. The topological polar surface area (TPSA) is 60.7 Å². The Morgan fingerprint density at radius 3 is 2.33 bits per heavy atom. The van der Waals surface area contributed by atoms with E-state index in [4.69, 9.17) is 0 Å². The summed E-state index contributed by atoms with van der Waals surface area (Å²) in [6, 6.07) is 0. The molecule has 3 rings (SSSR count). The van der Waals surface area contributed by atoms with Gasteiger partial charge in [-0.15, -0.1) is 0 Å². The third kappa shape index (κ3) is 5.29. The highest BCUT2D eigenvalue weighted by molar-refractivity contribution is 5.26. The van der Waals surface area contributed by atoms with Crippen molar-refractivity contribution in [2.75, 3.05) is 0 Å². The maximum atomic E-state index is 10.2. The van der Waals surface area contributed by atoms with Crippen molar-refractivity contribution in [2.45, 2.75) is 104 Å². The van der Waals surface area contributed by atoms with Crippen LogP contribution in [0, 0.1) is 29.1 Å². The summed E-state index contributed by atoms with van der Waals surface area (Å²) in [6.07, 6.45) is 16.5. The van der Waals surface area contributed by atoms with Crippen molar-refractivity contribution in [2.24, 2.45) is 29.1 Å². The van der Waals surface area contributed by atoms with Gasteiger partial charge in [0.25, 0.3) is 0 Å². The van der Waals surface area contributed by atoms with Gasteiger partial charge < -0.3 is 15.3 Å². The number of fused-ring (bicyclic) bond motifs is 1. The molecule has 3 nitrogen and oxygen atoms in total. The summed E-state index contributed by atoms with van der Waals surface area (Å²) in [6.45, 7) is 10.7. The largest absolute Gasteiger partial charge is 0.393 e. The van der Waals surface area contributed by atoms with Gasteiger partial charge in [0.05, 0.1) is 17.8 Å². The van der Waals surface area contributed by atoms with Crippen LogP contribution in [0.5, 0.6) is 0 Å². The monoisotopic (exact) mass is 416 g/mol. The summed E-state index contributed by atoms with van der Waals surface area (Å²) in [5.74, 6) is 2.00. The van der Waals surface area contributed by atoms with Gasteiger partial charge in [-0.1, -0.05) is 56.2 Å². The molecule has 0 radical (unpaired) electrons. The molecule has 0 spiro atoms. The van der Waals surface area contributed by atoms with E-state index in [2.05, 4.69) is 45.1 Å². The van der Waals surface area contributed by atoms with Crippen LogP contribution in [0.2, 0.25) is 0 Å². The minimum Gasteiger partial charge on any atom is -0.393 e. The van der Waals surface area contributed by atoms with E-state index in [1.165, 1.54) is 37.7 Å². The molecule has 0 heterocycles. The van der Waals surface area contributed by atoms with Crippen LogP contribution in [0.25, 0.3) is 0 Å². The molecule has 3 N–H and O–H groups in total. The number of allylic oxidation sites excluding steroid dienone is 4. The second-order valence-corrected chi connectivity index (χ2v) is 11.3. The van der Waals surface area contributed by atoms with Crippen molar-refractivity contribution in [3.05, 3.63) is 35.5 Å². The molecule has 0 aromatic heterocycles. The van der Waals surface area contributed by atoms with Crippen LogP contribution in [0.1, 0.15) is 86.0 Å². The number of hydrogen-bond acceptors (Lipinski definition) is 3. The second kappa shape index (κ2) is 9.30. The highest BCUT2D eigenvalue weighted by Crippen LogP contribution is 2.59. The highest BCUT2D eigenvalue weighted by Gasteiger charge is 2.50. The van der Waals surface area contributed by atoms with Gasteiger partial charge >= 0.3 is 0 Å². The average Bonchev–Trinajstić information content (AvgIpc) is 3.00. The molecule has 0 unspecified atom stereocenters. The lowest BCUT2D eigenvalue weighted by Gasteiger charge is -2.44. The molecule has 0 aliphatic heterocycles. The Bertz CT molecular complexity index is 671. The van der Waals surface area contributed by atoms with E-state index in [1.807, 2.05) is 13.8 Å².